The fourth-order valence-corrected chi connectivity index (χ4v) is 3.71. The van der Waals surface area contributed by atoms with Crippen molar-refractivity contribution in [1.82, 2.24) is 20.5 Å². The standard InChI is InChI=1S/C21H33N5OS/c1-6-18-14-24-20(28-18)11-12-23-21(22-7-2)25-15-19(26(3)4)16-9-8-10-17(13-16)27-5/h8-10,13-14,19H,6-7,11-12,15H2,1-5H3,(H2,22,23,25). The number of methoxy groups -OCH3 is 1. The van der Waals surface area contributed by atoms with E-state index in [4.69, 9.17) is 9.73 Å². The molecule has 0 radical (unpaired) electrons. The van der Waals surface area contributed by atoms with Crippen molar-refractivity contribution in [1.29, 1.82) is 0 Å². The molecule has 0 bridgehead atoms. The smallest absolute Gasteiger partial charge is 0.191 e. The molecule has 6 nitrogen and oxygen atoms in total. The van der Waals surface area contributed by atoms with Gasteiger partial charge in [-0.25, -0.2) is 4.98 Å². The quantitative estimate of drug-likeness (QED) is 0.471. The van der Waals surface area contributed by atoms with Gasteiger partial charge in [-0.3, -0.25) is 4.99 Å². The highest BCUT2D eigenvalue weighted by Crippen LogP contribution is 2.23. The van der Waals surface area contributed by atoms with Gasteiger partial charge in [0, 0.05) is 30.6 Å². The van der Waals surface area contributed by atoms with Gasteiger partial charge in [0.05, 0.1) is 24.7 Å². The van der Waals surface area contributed by atoms with Crippen LogP contribution in [0.2, 0.25) is 0 Å². The summed E-state index contributed by atoms with van der Waals surface area (Å²) in [6.45, 7) is 6.54. The van der Waals surface area contributed by atoms with E-state index in [-0.39, 0.29) is 6.04 Å². The van der Waals surface area contributed by atoms with Gasteiger partial charge in [-0.1, -0.05) is 19.1 Å². The number of thiazole rings is 1. The predicted octanol–water partition coefficient (Wildman–Crippen LogP) is 3.11. The minimum Gasteiger partial charge on any atom is -0.497 e. The Hall–Kier alpha value is -2.12. The maximum absolute atomic E-state index is 5.37. The van der Waals surface area contributed by atoms with E-state index in [2.05, 4.69) is 60.6 Å². The molecule has 0 saturated heterocycles. The molecular weight excluding hydrogens is 370 g/mol. The summed E-state index contributed by atoms with van der Waals surface area (Å²) in [6.07, 6.45) is 3.93. The van der Waals surface area contributed by atoms with Crippen LogP contribution in [0.1, 0.15) is 35.3 Å². The van der Waals surface area contributed by atoms with E-state index in [9.17, 15) is 0 Å². The summed E-state index contributed by atoms with van der Waals surface area (Å²) in [7, 11) is 5.85. The average Bonchev–Trinajstić information content (AvgIpc) is 3.16. The fraction of sp³-hybridized carbons (Fsp3) is 0.524. The second kappa shape index (κ2) is 11.7. The van der Waals surface area contributed by atoms with Crippen molar-refractivity contribution < 1.29 is 4.74 Å². The zero-order valence-corrected chi connectivity index (χ0v) is 18.5. The summed E-state index contributed by atoms with van der Waals surface area (Å²) in [5.74, 6) is 1.71. The Kier molecular flexibility index (Phi) is 9.23. The number of benzene rings is 1. The van der Waals surface area contributed by atoms with Gasteiger partial charge in [0.25, 0.3) is 0 Å². The molecular formula is C21H33N5OS. The Morgan fingerprint density at radius 1 is 1.29 bits per heavy atom. The number of nitrogens with zero attached hydrogens (tertiary/aromatic N) is 3. The molecule has 7 heteroatoms. The second-order valence-electron chi connectivity index (χ2n) is 6.73. The van der Waals surface area contributed by atoms with E-state index in [1.807, 2.05) is 18.3 Å². The van der Waals surface area contributed by atoms with Crippen LogP contribution in [0.15, 0.2) is 35.5 Å². The number of aliphatic imine (C=N–C) groups is 1. The Bertz CT molecular complexity index is 744. The van der Waals surface area contributed by atoms with Crippen LogP contribution in [0, 0.1) is 0 Å². The number of nitrogens with one attached hydrogen (secondary N) is 2. The summed E-state index contributed by atoms with van der Waals surface area (Å²) >= 11 is 1.79. The lowest BCUT2D eigenvalue weighted by Crippen LogP contribution is -2.39. The molecule has 1 unspecified atom stereocenters. The molecule has 2 rings (SSSR count). The minimum atomic E-state index is 0.177. The molecule has 0 aliphatic heterocycles. The van der Waals surface area contributed by atoms with Crippen molar-refractivity contribution >= 4 is 17.3 Å². The Balaban J connectivity index is 1.99. The van der Waals surface area contributed by atoms with Crippen LogP contribution in [-0.4, -0.2) is 56.7 Å². The van der Waals surface area contributed by atoms with Gasteiger partial charge < -0.3 is 20.3 Å². The van der Waals surface area contributed by atoms with Gasteiger partial charge in [-0.2, -0.15) is 0 Å². The highest BCUT2D eigenvalue weighted by atomic mass is 32.1. The first-order chi connectivity index (χ1) is 13.6. The summed E-state index contributed by atoms with van der Waals surface area (Å²) in [5.41, 5.74) is 1.19. The number of aromatic nitrogens is 1. The minimum absolute atomic E-state index is 0.177. The molecule has 2 aromatic rings. The number of ether oxygens (including phenoxy) is 1. The van der Waals surface area contributed by atoms with Crippen molar-refractivity contribution in [2.45, 2.75) is 32.7 Å². The fourth-order valence-electron chi connectivity index (χ4n) is 2.85. The van der Waals surface area contributed by atoms with Gasteiger partial charge >= 0.3 is 0 Å². The molecule has 1 heterocycles. The lowest BCUT2D eigenvalue weighted by molar-refractivity contribution is 0.305. The van der Waals surface area contributed by atoms with E-state index in [1.54, 1.807) is 18.4 Å². The van der Waals surface area contributed by atoms with Gasteiger partial charge in [-0.15, -0.1) is 11.3 Å². The highest BCUT2D eigenvalue weighted by molar-refractivity contribution is 7.11. The van der Waals surface area contributed by atoms with Gasteiger partial charge in [-0.05, 0) is 45.1 Å². The lowest BCUT2D eigenvalue weighted by Gasteiger charge is -2.24. The first-order valence-electron chi connectivity index (χ1n) is 9.83. The van der Waals surface area contributed by atoms with Crippen LogP contribution in [0.25, 0.3) is 0 Å². The van der Waals surface area contributed by atoms with Crippen LogP contribution in [0.3, 0.4) is 0 Å². The van der Waals surface area contributed by atoms with Crippen LogP contribution >= 0.6 is 11.3 Å². The second-order valence-corrected chi connectivity index (χ2v) is 7.93. The van der Waals surface area contributed by atoms with Crippen LogP contribution in [0.4, 0.5) is 0 Å². The highest BCUT2D eigenvalue weighted by Gasteiger charge is 2.15. The summed E-state index contributed by atoms with van der Waals surface area (Å²) < 4.78 is 5.37. The molecule has 1 aromatic carbocycles. The van der Waals surface area contributed by atoms with E-state index >= 15 is 0 Å². The van der Waals surface area contributed by atoms with Crippen LogP contribution in [0.5, 0.6) is 5.75 Å². The molecule has 2 N–H and O–H groups in total. The van der Waals surface area contributed by atoms with Crippen molar-refractivity contribution in [2.24, 2.45) is 4.99 Å². The maximum atomic E-state index is 5.37. The van der Waals surface area contributed by atoms with Crippen molar-refractivity contribution in [2.75, 3.05) is 40.8 Å². The molecule has 28 heavy (non-hydrogen) atoms. The normalized spacial score (nSPS) is 12.9. The topological polar surface area (TPSA) is 61.8 Å². The maximum Gasteiger partial charge on any atom is 0.191 e. The number of hydrogen-bond donors (Lipinski definition) is 2. The zero-order chi connectivity index (χ0) is 20.4. The molecule has 1 atom stereocenters. The predicted molar refractivity (Wildman–Crippen MR) is 119 cm³/mol. The molecule has 154 valence electrons. The number of hydrogen-bond acceptors (Lipinski definition) is 5. The lowest BCUT2D eigenvalue weighted by atomic mass is 10.1. The summed E-state index contributed by atoms with van der Waals surface area (Å²) in [6, 6.07) is 8.37. The average molecular weight is 404 g/mol. The van der Waals surface area contributed by atoms with Crippen molar-refractivity contribution in [3.05, 3.63) is 45.9 Å². The zero-order valence-electron chi connectivity index (χ0n) is 17.7. The number of rotatable bonds is 10. The number of aryl methyl sites for hydroxylation is 1. The molecule has 0 fully saturated rings. The SMILES string of the molecule is CCNC(=NCC(c1cccc(OC)c1)N(C)C)NCCc1ncc(CC)s1. The third kappa shape index (κ3) is 6.80. The molecule has 0 aliphatic carbocycles. The number of likely N-dealkylation sites (N-methyl/N-ethyl adjacent to an activating group) is 1. The van der Waals surface area contributed by atoms with Crippen molar-refractivity contribution in [3.63, 3.8) is 0 Å². The Labute approximate surface area is 173 Å². The van der Waals surface area contributed by atoms with Gasteiger partial charge in [0.15, 0.2) is 5.96 Å². The summed E-state index contributed by atoms with van der Waals surface area (Å²) in [4.78, 5) is 12.8. The first-order valence-corrected chi connectivity index (χ1v) is 10.6. The molecule has 1 aromatic heterocycles. The molecule has 0 saturated carbocycles. The van der Waals surface area contributed by atoms with Crippen LogP contribution < -0.4 is 15.4 Å². The van der Waals surface area contributed by atoms with Gasteiger partial charge in [0.2, 0.25) is 0 Å². The molecule has 0 aliphatic rings. The molecule has 0 spiro atoms. The monoisotopic (exact) mass is 403 g/mol. The van der Waals surface area contributed by atoms with E-state index < -0.39 is 0 Å². The van der Waals surface area contributed by atoms with E-state index in [1.165, 1.54) is 15.4 Å². The third-order valence-electron chi connectivity index (χ3n) is 4.45. The molecule has 0 amide bonds. The van der Waals surface area contributed by atoms with Crippen molar-refractivity contribution in [3.8, 4) is 5.75 Å². The Morgan fingerprint density at radius 3 is 2.75 bits per heavy atom. The summed E-state index contributed by atoms with van der Waals surface area (Å²) in [5, 5.41) is 7.93. The first kappa shape index (κ1) is 22.2. The van der Waals surface area contributed by atoms with Crippen LogP contribution in [-0.2, 0) is 12.8 Å². The van der Waals surface area contributed by atoms with Gasteiger partial charge in [0.1, 0.15) is 5.75 Å². The van der Waals surface area contributed by atoms with E-state index in [0.717, 1.165) is 37.6 Å². The largest absolute Gasteiger partial charge is 0.497 e. The van der Waals surface area contributed by atoms with E-state index in [0.29, 0.717) is 6.54 Å². The number of guanidine groups is 1. The Morgan fingerprint density at radius 2 is 2.11 bits per heavy atom. The third-order valence-corrected chi connectivity index (χ3v) is 5.65.